The van der Waals surface area contributed by atoms with Crippen molar-refractivity contribution in [1.82, 2.24) is 15.0 Å². The van der Waals surface area contributed by atoms with Gasteiger partial charge in [0, 0.05) is 16.5 Å². The molecule has 3 aromatic rings. The summed E-state index contributed by atoms with van der Waals surface area (Å²) in [5.74, 6) is 0. The number of carbonyl (C=O) groups is 1. The average Bonchev–Trinajstić information content (AvgIpc) is 2.66. The summed E-state index contributed by atoms with van der Waals surface area (Å²) in [7, 11) is 0. The molecule has 15 heavy (non-hydrogen) atoms. The summed E-state index contributed by atoms with van der Waals surface area (Å²) in [6.07, 6.45) is 4.06. The second-order valence-electron chi connectivity index (χ2n) is 3.33. The topological polar surface area (TPSA) is 58.6 Å². The molecule has 4 heteroatoms. The van der Waals surface area contributed by atoms with E-state index in [1.807, 2.05) is 12.1 Å². The Morgan fingerprint density at radius 1 is 1.27 bits per heavy atom. The Labute approximate surface area is 85.0 Å². The highest BCUT2D eigenvalue weighted by atomic mass is 16.1. The van der Waals surface area contributed by atoms with E-state index in [0.29, 0.717) is 5.56 Å². The zero-order chi connectivity index (χ0) is 10.3. The Hall–Kier alpha value is -2.23. The fourth-order valence-corrected chi connectivity index (χ4v) is 1.72. The lowest BCUT2D eigenvalue weighted by Gasteiger charge is -1.91. The van der Waals surface area contributed by atoms with Crippen molar-refractivity contribution in [3.05, 3.63) is 36.3 Å². The van der Waals surface area contributed by atoms with E-state index in [4.69, 9.17) is 0 Å². The Morgan fingerprint density at radius 2 is 2.20 bits per heavy atom. The Bertz CT molecular complexity index is 657. The Kier molecular flexibility index (Phi) is 1.56. The first kappa shape index (κ1) is 8.11. The number of aldehydes is 1. The lowest BCUT2D eigenvalue weighted by atomic mass is 10.1. The number of carbonyl (C=O) groups excluding carboxylic acids is 1. The van der Waals surface area contributed by atoms with Crippen LogP contribution in [0.2, 0.25) is 0 Å². The number of benzene rings is 1. The second-order valence-corrected chi connectivity index (χ2v) is 3.33. The van der Waals surface area contributed by atoms with Gasteiger partial charge in [-0.2, -0.15) is 0 Å². The molecule has 1 aromatic carbocycles. The molecule has 0 saturated heterocycles. The number of aromatic nitrogens is 3. The summed E-state index contributed by atoms with van der Waals surface area (Å²) in [5.41, 5.74) is 3.36. The SMILES string of the molecule is O=Cc1ccc2[nH]c3cncnc3c2c1. The number of hydrogen-bond acceptors (Lipinski definition) is 3. The van der Waals surface area contributed by atoms with E-state index < -0.39 is 0 Å². The molecule has 0 fully saturated rings. The molecule has 2 aromatic heterocycles. The van der Waals surface area contributed by atoms with E-state index in [1.54, 1.807) is 12.3 Å². The van der Waals surface area contributed by atoms with Gasteiger partial charge < -0.3 is 4.98 Å². The van der Waals surface area contributed by atoms with Gasteiger partial charge in [-0.25, -0.2) is 9.97 Å². The van der Waals surface area contributed by atoms with E-state index in [9.17, 15) is 4.79 Å². The number of nitrogens with zero attached hydrogens (tertiary/aromatic N) is 2. The smallest absolute Gasteiger partial charge is 0.150 e. The predicted molar refractivity (Wildman–Crippen MR) is 56.8 cm³/mol. The molecule has 2 heterocycles. The molecule has 72 valence electrons. The van der Waals surface area contributed by atoms with Gasteiger partial charge in [0.05, 0.1) is 17.2 Å². The number of H-pyrrole nitrogens is 1. The van der Waals surface area contributed by atoms with Crippen molar-refractivity contribution in [2.45, 2.75) is 0 Å². The van der Waals surface area contributed by atoms with Crippen LogP contribution in [-0.4, -0.2) is 21.2 Å². The third kappa shape index (κ3) is 1.11. The standard InChI is InChI=1S/C11H7N3O/c15-5-7-1-2-9-8(3-7)11-10(14-9)4-12-6-13-11/h1-6,14H. The molecule has 0 spiro atoms. The van der Waals surface area contributed by atoms with Crippen LogP contribution in [0.5, 0.6) is 0 Å². The normalized spacial score (nSPS) is 10.9. The maximum Gasteiger partial charge on any atom is 0.150 e. The monoisotopic (exact) mass is 197 g/mol. The molecule has 0 radical (unpaired) electrons. The van der Waals surface area contributed by atoms with E-state index >= 15 is 0 Å². The lowest BCUT2D eigenvalue weighted by molar-refractivity contribution is 0.112. The zero-order valence-corrected chi connectivity index (χ0v) is 7.77. The van der Waals surface area contributed by atoms with Gasteiger partial charge in [-0.05, 0) is 18.2 Å². The average molecular weight is 197 g/mol. The first-order valence-corrected chi connectivity index (χ1v) is 4.55. The quantitative estimate of drug-likeness (QED) is 0.606. The highest BCUT2D eigenvalue weighted by Crippen LogP contribution is 2.23. The van der Waals surface area contributed by atoms with Gasteiger partial charge >= 0.3 is 0 Å². The first-order valence-electron chi connectivity index (χ1n) is 4.55. The maximum atomic E-state index is 10.7. The summed E-state index contributed by atoms with van der Waals surface area (Å²) >= 11 is 0. The Balaban J connectivity index is 2.51. The van der Waals surface area contributed by atoms with Gasteiger partial charge in [0.15, 0.2) is 0 Å². The van der Waals surface area contributed by atoms with Crippen molar-refractivity contribution in [3.63, 3.8) is 0 Å². The van der Waals surface area contributed by atoms with Crippen molar-refractivity contribution in [2.75, 3.05) is 0 Å². The van der Waals surface area contributed by atoms with E-state index in [1.165, 1.54) is 6.33 Å². The van der Waals surface area contributed by atoms with Crippen molar-refractivity contribution in [3.8, 4) is 0 Å². The van der Waals surface area contributed by atoms with Crippen molar-refractivity contribution < 1.29 is 4.79 Å². The maximum absolute atomic E-state index is 10.7. The van der Waals surface area contributed by atoms with Gasteiger partial charge in [-0.1, -0.05) is 0 Å². The number of rotatable bonds is 1. The summed E-state index contributed by atoms with van der Waals surface area (Å²) in [4.78, 5) is 22.0. The first-order chi connectivity index (χ1) is 7.38. The second kappa shape index (κ2) is 2.88. The fourth-order valence-electron chi connectivity index (χ4n) is 1.72. The minimum atomic E-state index is 0.655. The molecule has 0 aliphatic heterocycles. The third-order valence-electron chi connectivity index (χ3n) is 2.42. The summed E-state index contributed by atoms with van der Waals surface area (Å²) < 4.78 is 0. The molecular formula is C11H7N3O. The molecule has 3 rings (SSSR count). The van der Waals surface area contributed by atoms with Crippen LogP contribution < -0.4 is 0 Å². The molecule has 4 nitrogen and oxygen atoms in total. The Morgan fingerprint density at radius 3 is 3.07 bits per heavy atom. The van der Waals surface area contributed by atoms with Gasteiger partial charge in [0.25, 0.3) is 0 Å². The highest BCUT2D eigenvalue weighted by molar-refractivity contribution is 6.05. The number of fused-ring (bicyclic) bond motifs is 3. The van der Waals surface area contributed by atoms with Gasteiger partial charge in [-0.15, -0.1) is 0 Å². The van der Waals surface area contributed by atoms with Crippen LogP contribution >= 0.6 is 0 Å². The van der Waals surface area contributed by atoms with E-state index in [-0.39, 0.29) is 0 Å². The number of nitrogens with one attached hydrogen (secondary N) is 1. The number of aromatic amines is 1. The predicted octanol–water partition coefficient (Wildman–Crippen LogP) is 1.92. The van der Waals surface area contributed by atoms with Crippen LogP contribution in [0.25, 0.3) is 21.9 Å². The molecule has 0 aliphatic carbocycles. The molecule has 0 amide bonds. The highest BCUT2D eigenvalue weighted by Gasteiger charge is 2.05. The molecule has 0 bridgehead atoms. The van der Waals surface area contributed by atoms with Gasteiger partial charge in [0.2, 0.25) is 0 Å². The molecule has 1 N–H and O–H groups in total. The van der Waals surface area contributed by atoms with Gasteiger partial charge in [-0.3, -0.25) is 4.79 Å². The summed E-state index contributed by atoms with van der Waals surface area (Å²) in [6, 6.07) is 5.48. The minimum Gasteiger partial charge on any atom is -0.352 e. The molecule has 0 unspecified atom stereocenters. The van der Waals surface area contributed by atoms with Crippen LogP contribution in [0.1, 0.15) is 10.4 Å². The third-order valence-corrected chi connectivity index (χ3v) is 2.42. The molecule has 0 aliphatic rings. The fraction of sp³-hybridized carbons (Fsp3) is 0. The van der Waals surface area contributed by atoms with E-state index in [2.05, 4.69) is 15.0 Å². The minimum absolute atomic E-state index is 0.655. The lowest BCUT2D eigenvalue weighted by Crippen LogP contribution is -1.79. The zero-order valence-electron chi connectivity index (χ0n) is 7.77. The molecule has 0 atom stereocenters. The van der Waals surface area contributed by atoms with Crippen LogP contribution in [0, 0.1) is 0 Å². The summed E-state index contributed by atoms with van der Waals surface area (Å²) in [5, 5.41) is 0.956. The number of hydrogen-bond donors (Lipinski definition) is 1. The van der Waals surface area contributed by atoms with Crippen LogP contribution in [0.3, 0.4) is 0 Å². The van der Waals surface area contributed by atoms with Crippen LogP contribution in [0.15, 0.2) is 30.7 Å². The van der Waals surface area contributed by atoms with Crippen LogP contribution in [0.4, 0.5) is 0 Å². The van der Waals surface area contributed by atoms with Gasteiger partial charge in [0.1, 0.15) is 12.6 Å². The molecular weight excluding hydrogens is 190 g/mol. The van der Waals surface area contributed by atoms with Crippen molar-refractivity contribution >= 4 is 28.2 Å². The van der Waals surface area contributed by atoms with Crippen molar-refractivity contribution in [2.24, 2.45) is 0 Å². The molecule has 0 saturated carbocycles. The van der Waals surface area contributed by atoms with Crippen molar-refractivity contribution in [1.29, 1.82) is 0 Å². The van der Waals surface area contributed by atoms with E-state index in [0.717, 1.165) is 28.2 Å². The van der Waals surface area contributed by atoms with Crippen LogP contribution in [-0.2, 0) is 0 Å². The summed E-state index contributed by atoms with van der Waals surface area (Å²) in [6.45, 7) is 0. The largest absolute Gasteiger partial charge is 0.352 e.